The Kier molecular flexibility index (Phi) is 8.34. The van der Waals surface area contributed by atoms with Crippen molar-refractivity contribution in [3.8, 4) is 22.3 Å². The molecule has 0 atom stereocenters. The number of aliphatic imine (C=N–C) groups is 3. The molecule has 0 amide bonds. The molecule has 0 bridgehead atoms. The minimum atomic E-state index is 0.438. The number of rotatable bonds is 6. The third-order valence-electron chi connectivity index (χ3n) is 10.6. The molecule has 0 aliphatic rings. The highest BCUT2D eigenvalue weighted by molar-refractivity contribution is 6.25. The summed E-state index contributed by atoms with van der Waals surface area (Å²) in [6.07, 6.45) is 0. The van der Waals surface area contributed by atoms with Crippen LogP contribution in [0.2, 0.25) is 0 Å². The van der Waals surface area contributed by atoms with E-state index in [-0.39, 0.29) is 0 Å². The molecule has 0 spiro atoms. The first kappa shape index (κ1) is 33.2. The second-order valence-corrected chi connectivity index (χ2v) is 14.1. The van der Waals surface area contributed by atoms with Crippen molar-refractivity contribution in [3.05, 3.63) is 205 Å². The largest absolute Gasteiger partial charge is 0.455 e. The summed E-state index contributed by atoms with van der Waals surface area (Å²) in [4.78, 5) is 15.0. The molecule has 0 saturated carbocycles. The van der Waals surface area contributed by atoms with E-state index in [0.29, 0.717) is 23.8 Å². The predicted molar refractivity (Wildman–Crippen MR) is 236 cm³/mol. The van der Waals surface area contributed by atoms with Gasteiger partial charge in [-0.3, -0.25) is 4.99 Å². The Morgan fingerprint density at radius 3 is 1.93 bits per heavy atom. The SMILES string of the molecule is C=NC(=NC(=NCc1ccc2ccccc2c1)c1ccc2ccccc2c1)c1ccc(-c2cccc(-c3ccccc3)c2)c2c1oc1c3ccccc3ccc12. The molecular weight excluding hydrogens is 683 g/mol. The number of nitrogens with zero attached hydrogens (tertiary/aromatic N) is 3. The van der Waals surface area contributed by atoms with E-state index >= 15 is 0 Å². The molecule has 264 valence electrons. The monoisotopic (exact) mass is 717 g/mol. The average molecular weight is 718 g/mol. The van der Waals surface area contributed by atoms with Crippen molar-refractivity contribution >= 4 is 72.6 Å². The highest BCUT2D eigenvalue weighted by Gasteiger charge is 2.21. The van der Waals surface area contributed by atoms with Crippen LogP contribution in [0, 0.1) is 0 Å². The molecule has 4 heteroatoms. The van der Waals surface area contributed by atoms with Gasteiger partial charge in [-0.15, -0.1) is 0 Å². The third kappa shape index (κ3) is 6.04. The van der Waals surface area contributed by atoms with Crippen molar-refractivity contribution < 1.29 is 4.42 Å². The number of hydrogen-bond donors (Lipinski definition) is 0. The van der Waals surface area contributed by atoms with Gasteiger partial charge < -0.3 is 4.42 Å². The zero-order valence-corrected chi connectivity index (χ0v) is 30.6. The summed E-state index contributed by atoms with van der Waals surface area (Å²) in [6.45, 7) is 4.49. The molecule has 0 unspecified atom stereocenters. The molecule has 10 aromatic rings. The second-order valence-electron chi connectivity index (χ2n) is 14.1. The number of furan rings is 1. The standard InChI is InChI=1S/C52H35N3O/c1-53-52(55-51(43-25-24-37-15-6-8-18-40(37)32-43)54-33-34-22-23-36-14-5-7-17-39(36)30-34)47-29-28-44(42-20-11-19-41(31-42)35-12-3-2-4-13-35)48-46-27-26-38-16-9-10-21-45(38)49(46)56-50(47)48/h2-32H,1,33H2. The van der Waals surface area contributed by atoms with Crippen LogP contribution < -0.4 is 0 Å². The Labute approximate surface area is 324 Å². The van der Waals surface area contributed by atoms with Crippen molar-refractivity contribution in [2.24, 2.45) is 15.0 Å². The smallest absolute Gasteiger partial charge is 0.164 e. The van der Waals surface area contributed by atoms with Crippen LogP contribution in [-0.4, -0.2) is 18.4 Å². The minimum Gasteiger partial charge on any atom is -0.455 e. The van der Waals surface area contributed by atoms with Crippen molar-refractivity contribution in [1.82, 2.24) is 0 Å². The molecule has 0 fully saturated rings. The van der Waals surface area contributed by atoms with E-state index in [1.807, 2.05) is 6.07 Å². The molecule has 10 rings (SSSR count). The molecule has 0 N–H and O–H groups in total. The third-order valence-corrected chi connectivity index (χ3v) is 10.6. The number of fused-ring (bicyclic) bond motifs is 7. The lowest BCUT2D eigenvalue weighted by Crippen LogP contribution is -2.06. The fraction of sp³-hybridized carbons (Fsp3) is 0.0192. The maximum absolute atomic E-state index is 6.96. The lowest BCUT2D eigenvalue weighted by molar-refractivity contribution is 0.672. The first-order chi connectivity index (χ1) is 27.7. The Balaban J connectivity index is 1.17. The van der Waals surface area contributed by atoms with Gasteiger partial charge in [0.05, 0.1) is 12.1 Å². The quantitative estimate of drug-likeness (QED) is 0.125. The maximum Gasteiger partial charge on any atom is 0.164 e. The van der Waals surface area contributed by atoms with Gasteiger partial charge in [-0.25, -0.2) is 9.98 Å². The normalized spacial score (nSPS) is 12.3. The van der Waals surface area contributed by atoms with Crippen LogP contribution in [0.1, 0.15) is 16.7 Å². The highest BCUT2D eigenvalue weighted by Crippen LogP contribution is 2.42. The topological polar surface area (TPSA) is 50.2 Å². The van der Waals surface area contributed by atoms with Gasteiger partial charge in [-0.1, -0.05) is 158 Å². The Hall–Kier alpha value is -7.43. The first-order valence-corrected chi connectivity index (χ1v) is 18.8. The molecule has 4 nitrogen and oxygen atoms in total. The molecule has 56 heavy (non-hydrogen) atoms. The molecule has 1 heterocycles. The van der Waals surface area contributed by atoms with E-state index in [0.717, 1.165) is 71.3 Å². The van der Waals surface area contributed by atoms with Crippen LogP contribution in [0.3, 0.4) is 0 Å². The zero-order chi connectivity index (χ0) is 37.4. The van der Waals surface area contributed by atoms with E-state index in [4.69, 9.17) is 14.4 Å². The van der Waals surface area contributed by atoms with Gasteiger partial charge in [-0.05, 0) is 91.8 Å². The van der Waals surface area contributed by atoms with Crippen LogP contribution in [-0.2, 0) is 6.54 Å². The number of amidine groups is 2. The lowest BCUT2D eigenvalue weighted by atomic mass is 9.94. The van der Waals surface area contributed by atoms with Gasteiger partial charge in [0.2, 0.25) is 0 Å². The van der Waals surface area contributed by atoms with Crippen molar-refractivity contribution in [1.29, 1.82) is 0 Å². The first-order valence-electron chi connectivity index (χ1n) is 18.8. The van der Waals surface area contributed by atoms with Crippen molar-refractivity contribution in [3.63, 3.8) is 0 Å². The van der Waals surface area contributed by atoms with Gasteiger partial charge >= 0.3 is 0 Å². The summed E-state index contributed by atoms with van der Waals surface area (Å²) >= 11 is 0. The molecule has 0 aliphatic heterocycles. The van der Waals surface area contributed by atoms with Gasteiger partial charge in [0.15, 0.2) is 11.7 Å². The van der Waals surface area contributed by atoms with Crippen LogP contribution in [0.4, 0.5) is 0 Å². The summed E-state index contributed by atoms with van der Waals surface area (Å²) in [5.41, 5.74) is 8.75. The summed E-state index contributed by atoms with van der Waals surface area (Å²) in [5.74, 6) is 1.01. The van der Waals surface area contributed by atoms with E-state index in [9.17, 15) is 0 Å². The Morgan fingerprint density at radius 1 is 0.464 bits per heavy atom. The molecule has 1 aromatic heterocycles. The highest BCUT2D eigenvalue weighted by atomic mass is 16.3. The molecule has 0 radical (unpaired) electrons. The summed E-state index contributed by atoms with van der Waals surface area (Å²) in [7, 11) is 0. The van der Waals surface area contributed by atoms with Gasteiger partial charge in [-0.2, -0.15) is 0 Å². The second kappa shape index (κ2) is 14.1. The summed E-state index contributed by atoms with van der Waals surface area (Å²) in [6, 6.07) is 65.6. The van der Waals surface area contributed by atoms with E-state index in [1.165, 1.54) is 16.3 Å². The van der Waals surface area contributed by atoms with Crippen molar-refractivity contribution in [2.45, 2.75) is 6.54 Å². The Bertz CT molecular complexity index is 3190. The van der Waals surface area contributed by atoms with Crippen LogP contribution in [0.5, 0.6) is 0 Å². The van der Waals surface area contributed by atoms with E-state index < -0.39 is 0 Å². The van der Waals surface area contributed by atoms with Crippen LogP contribution >= 0.6 is 0 Å². The summed E-state index contributed by atoms with van der Waals surface area (Å²) < 4.78 is 6.96. The van der Waals surface area contributed by atoms with E-state index in [2.05, 4.69) is 194 Å². The Morgan fingerprint density at radius 2 is 1.12 bits per heavy atom. The number of hydrogen-bond acceptors (Lipinski definition) is 2. The van der Waals surface area contributed by atoms with Gasteiger partial charge in [0, 0.05) is 21.7 Å². The van der Waals surface area contributed by atoms with Crippen LogP contribution in [0.15, 0.2) is 207 Å². The van der Waals surface area contributed by atoms with E-state index in [1.54, 1.807) is 0 Å². The van der Waals surface area contributed by atoms with Gasteiger partial charge in [0.1, 0.15) is 11.2 Å². The average Bonchev–Trinajstić information content (AvgIpc) is 3.67. The lowest BCUT2D eigenvalue weighted by Gasteiger charge is -2.11. The minimum absolute atomic E-state index is 0.438. The van der Waals surface area contributed by atoms with Crippen LogP contribution in [0.25, 0.3) is 76.5 Å². The summed E-state index contributed by atoms with van der Waals surface area (Å²) in [5, 5.41) is 8.84. The molecular formula is C52H35N3O. The number of benzene rings is 9. The van der Waals surface area contributed by atoms with Gasteiger partial charge in [0.25, 0.3) is 0 Å². The van der Waals surface area contributed by atoms with Crippen molar-refractivity contribution in [2.75, 3.05) is 0 Å². The molecule has 0 aliphatic carbocycles. The molecule has 0 saturated heterocycles. The molecule has 9 aromatic carbocycles. The zero-order valence-electron chi connectivity index (χ0n) is 30.6. The predicted octanol–water partition coefficient (Wildman–Crippen LogP) is 13.5. The fourth-order valence-electron chi connectivity index (χ4n) is 7.83. The maximum atomic E-state index is 6.96. The fourth-order valence-corrected chi connectivity index (χ4v) is 7.83.